The molecule has 6 heteroatoms. The molecule has 2 aliphatic carbocycles. The lowest BCUT2D eigenvalue weighted by molar-refractivity contribution is -0.137. The number of hydrogen-bond acceptors (Lipinski definition) is 3. The Balaban J connectivity index is 1.41. The number of benzene rings is 3. The van der Waals surface area contributed by atoms with Gasteiger partial charge < -0.3 is 14.6 Å². The van der Waals surface area contributed by atoms with Crippen LogP contribution in [0.2, 0.25) is 0 Å². The molecule has 2 atom stereocenters. The molecule has 0 saturated heterocycles. The number of hydrogen-bond donors (Lipinski definition) is 1. The molecule has 2 fully saturated rings. The fraction of sp³-hybridized carbons (Fsp3) is 0.424. The molecule has 3 aromatic carbocycles. The van der Waals surface area contributed by atoms with Crippen LogP contribution in [0.15, 0.2) is 66.7 Å². The predicted octanol–water partition coefficient (Wildman–Crippen LogP) is 8.80. The second-order valence-electron chi connectivity index (χ2n) is 11.7. The Morgan fingerprint density at radius 1 is 1.00 bits per heavy atom. The normalized spacial score (nSPS) is 19.2. The van der Waals surface area contributed by atoms with Crippen molar-refractivity contribution < 1.29 is 28.2 Å². The van der Waals surface area contributed by atoms with E-state index in [1.54, 1.807) is 18.2 Å². The second kappa shape index (κ2) is 11.4. The minimum absolute atomic E-state index is 0.0198. The summed E-state index contributed by atoms with van der Waals surface area (Å²) >= 11 is 0. The summed E-state index contributed by atoms with van der Waals surface area (Å²) in [6.07, 6.45) is 5.65. The van der Waals surface area contributed by atoms with Gasteiger partial charge in [0.1, 0.15) is 18.1 Å². The lowest BCUT2D eigenvalue weighted by atomic mass is 9.75. The van der Waals surface area contributed by atoms with Gasteiger partial charge >= 0.3 is 12.6 Å². The molecule has 0 heterocycles. The lowest BCUT2D eigenvalue weighted by Crippen LogP contribution is -2.16. The third kappa shape index (κ3) is 6.60. The number of alkyl halides is 2. The molecule has 2 unspecified atom stereocenters. The van der Waals surface area contributed by atoms with Crippen LogP contribution in [0.5, 0.6) is 11.5 Å². The standard InChI is InChI=1S/C33H36F2O4/c1-33(2)15-5-10-30(33)29-16-21(11-14-27(29)23-6-4-9-26(18-23)39-32(34)35)20-38-25-8-3-7-24(17-25)28(19-31(36)37)22-12-13-22/h3-4,6-9,11,14,16-18,22,28,30,32H,5,10,12-13,15,19-20H2,1-2H3,(H,36,37). The van der Waals surface area contributed by atoms with Crippen LogP contribution in [0.4, 0.5) is 8.78 Å². The number of carboxylic acids is 1. The molecule has 2 saturated carbocycles. The van der Waals surface area contributed by atoms with E-state index in [1.807, 2.05) is 36.4 Å². The average Bonchev–Trinajstić information content (AvgIpc) is 3.67. The topological polar surface area (TPSA) is 55.8 Å². The molecule has 3 aromatic rings. The summed E-state index contributed by atoms with van der Waals surface area (Å²) < 4.78 is 36.6. The summed E-state index contributed by atoms with van der Waals surface area (Å²) in [5, 5.41) is 9.38. The van der Waals surface area contributed by atoms with Crippen LogP contribution >= 0.6 is 0 Å². The molecule has 0 radical (unpaired) electrons. The van der Waals surface area contributed by atoms with Gasteiger partial charge in [-0.3, -0.25) is 4.79 Å². The van der Waals surface area contributed by atoms with Gasteiger partial charge in [0.25, 0.3) is 0 Å². The average molecular weight is 535 g/mol. The van der Waals surface area contributed by atoms with Crippen LogP contribution in [0, 0.1) is 11.3 Å². The van der Waals surface area contributed by atoms with Crippen molar-refractivity contribution in [1.29, 1.82) is 0 Å². The Morgan fingerprint density at radius 2 is 1.77 bits per heavy atom. The zero-order valence-electron chi connectivity index (χ0n) is 22.5. The molecular formula is C33H36F2O4. The van der Waals surface area contributed by atoms with Gasteiger partial charge in [0.15, 0.2) is 0 Å². The van der Waals surface area contributed by atoms with Crippen molar-refractivity contribution >= 4 is 5.97 Å². The summed E-state index contributed by atoms with van der Waals surface area (Å²) in [4.78, 5) is 11.4. The van der Waals surface area contributed by atoms with Crippen molar-refractivity contribution in [3.05, 3.63) is 83.4 Å². The van der Waals surface area contributed by atoms with Crippen molar-refractivity contribution in [2.24, 2.45) is 11.3 Å². The van der Waals surface area contributed by atoms with E-state index in [4.69, 9.17) is 4.74 Å². The third-order valence-corrected chi connectivity index (χ3v) is 8.40. The first kappa shape index (κ1) is 27.2. The molecule has 0 amide bonds. The van der Waals surface area contributed by atoms with Gasteiger partial charge in [0.2, 0.25) is 0 Å². The van der Waals surface area contributed by atoms with Crippen LogP contribution in [-0.4, -0.2) is 17.7 Å². The van der Waals surface area contributed by atoms with E-state index in [0.29, 0.717) is 18.4 Å². The zero-order valence-corrected chi connectivity index (χ0v) is 22.5. The van der Waals surface area contributed by atoms with Gasteiger partial charge in [-0.1, -0.05) is 62.7 Å². The summed E-state index contributed by atoms with van der Waals surface area (Å²) in [6, 6.07) is 21.1. The number of rotatable bonds is 11. The third-order valence-electron chi connectivity index (χ3n) is 8.40. The predicted molar refractivity (Wildman–Crippen MR) is 147 cm³/mol. The largest absolute Gasteiger partial charge is 0.489 e. The maximum Gasteiger partial charge on any atom is 0.387 e. The minimum atomic E-state index is -2.87. The molecule has 0 aliphatic heterocycles. The Morgan fingerprint density at radius 3 is 2.46 bits per heavy atom. The molecule has 2 aliphatic rings. The van der Waals surface area contributed by atoms with Gasteiger partial charge in [-0.05, 0) is 101 Å². The number of aliphatic carboxylic acids is 1. The molecule has 4 nitrogen and oxygen atoms in total. The summed E-state index contributed by atoms with van der Waals surface area (Å²) in [7, 11) is 0. The van der Waals surface area contributed by atoms with Gasteiger partial charge in [-0.25, -0.2) is 0 Å². The van der Waals surface area contributed by atoms with Crippen molar-refractivity contribution in [2.45, 2.75) is 77.4 Å². The molecule has 0 spiro atoms. The molecule has 39 heavy (non-hydrogen) atoms. The fourth-order valence-electron chi connectivity index (χ4n) is 6.24. The van der Waals surface area contributed by atoms with Gasteiger partial charge in [0, 0.05) is 0 Å². The Bertz CT molecular complexity index is 1310. The molecular weight excluding hydrogens is 498 g/mol. The molecule has 0 aromatic heterocycles. The Labute approximate surface area is 229 Å². The highest BCUT2D eigenvalue weighted by Gasteiger charge is 2.37. The quantitative estimate of drug-likeness (QED) is 0.267. The first-order chi connectivity index (χ1) is 18.7. The minimum Gasteiger partial charge on any atom is -0.489 e. The van der Waals surface area contributed by atoms with E-state index in [2.05, 4.69) is 30.7 Å². The van der Waals surface area contributed by atoms with E-state index in [0.717, 1.165) is 60.1 Å². The van der Waals surface area contributed by atoms with E-state index in [9.17, 15) is 18.7 Å². The maximum atomic E-state index is 12.9. The maximum absolute atomic E-state index is 12.9. The van der Waals surface area contributed by atoms with Gasteiger partial charge in [-0.15, -0.1) is 0 Å². The summed E-state index contributed by atoms with van der Waals surface area (Å²) in [5.41, 5.74) is 5.27. The summed E-state index contributed by atoms with van der Waals surface area (Å²) in [6.45, 7) is 2.11. The first-order valence-corrected chi connectivity index (χ1v) is 13.8. The van der Waals surface area contributed by atoms with Crippen molar-refractivity contribution in [3.63, 3.8) is 0 Å². The van der Waals surface area contributed by atoms with Crippen LogP contribution in [-0.2, 0) is 11.4 Å². The molecule has 0 bridgehead atoms. The highest BCUT2D eigenvalue weighted by atomic mass is 19.3. The van der Waals surface area contributed by atoms with Crippen LogP contribution < -0.4 is 9.47 Å². The lowest BCUT2D eigenvalue weighted by Gasteiger charge is -2.30. The van der Waals surface area contributed by atoms with E-state index in [-0.39, 0.29) is 23.5 Å². The fourth-order valence-corrected chi connectivity index (χ4v) is 6.24. The van der Waals surface area contributed by atoms with E-state index >= 15 is 0 Å². The first-order valence-electron chi connectivity index (χ1n) is 13.8. The number of ether oxygens (including phenoxy) is 2. The Hall–Kier alpha value is -3.41. The van der Waals surface area contributed by atoms with Crippen LogP contribution in [0.25, 0.3) is 11.1 Å². The molecule has 206 valence electrons. The smallest absolute Gasteiger partial charge is 0.387 e. The summed E-state index contributed by atoms with van der Waals surface area (Å²) in [5.74, 6) is 0.904. The number of carbonyl (C=O) groups is 1. The zero-order chi connectivity index (χ0) is 27.6. The van der Waals surface area contributed by atoms with Crippen LogP contribution in [0.3, 0.4) is 0 Å². The highest BCUT2D eigenvalue weighted by molar-refractivity contribution is 5.70. The van der Waals surface area contributed by atoms with Gasteiger partial charge in [-0.2, -0.15) is 8.78 Å². The van der Waals surface area contributed by atoms with Gasteiger partial charge in [0.05, 0.1) is 6.42 Å². The highest BCUT2D eigenvalue weighted by Crippen LogP contribution is 2.51. The van der Waals surface area contributed by atoms with Crippen molar-refractivity contribution in [2.75, 3.05) is 0 Å². The Kier molecular flexibility index (Phi) is 7.92. The van der Waals surface area contributed by atoms with Crippen molar-refractivity contribution in [1.82, 2.24) is 0 Å². The van der Waals surface area contributed by atoms with E-state index in [1.165, 1.54) is 5.56 Å². The molecule has 5 rings (SSSR count). The number of halogens is 2. The second-order valence-corrected chi connectivity index (χ2v) is 11.7. The van der Waals surface area contributed by atoms with E-state index < -0.39 is 12.6 Å². The number of carboxylic acid groups (broad SMARTS) is 1. The van der Waals surface area contributed by atoms with Crippen molar-refractivity contribution in [3.8, 4) is 22.6 Å². The molecule has 1 N–H and O–H groups in total. The van der Waals surface area contributed by atoms with Crippen LogP contribution in [0.1, 0.15) is 80.9 Å². The monoisotopic (exact) mass is 534 g/mol. The SMILES string of the molecule is CC1(C)CCCC1c1cc(COc2cccc(C(CC(=O)O)C3CC3)c2)ccc1-c1cccc(OC(F)F)c1.